The van der Waals surface area contributed by atoms with Gasteiger partial charge in [0.05, 0.1) is 7.11 Å². The zero-order valence-corrected chi connectivity index (χ0v) is 6.86. The number of rotatable bonds is 3. The fourth-order valence-electron chi connectivity index (χ4n) is 0.946. The van der Waals surface area contributed by atoms with E-state index in [1.165, 1.54) is 6.08 Å². The van der Waals surface area contributed by atoms with Gasteiger partial charge in [0.1, 0.15) is 12.0 Å². The maximum atomic E-state index is 10.2. The summed E-state index contributed by atoms with van der Waals surface area (Å²) in [4.78, 5) is 10.2. The van der Waals surface area contributed by atoms with Gasteiger partial charge >= 0.3 is 0 Å². The number of methoxy groups -OCH3 is 1. The number of hydrogen-bond acceptors (Lipinski definition) is 2. The molecule has 0 aliphatic rings. The van der Waals surface area contributed by atoms with Gasteiger partial charge in [-0.25, -0.2) is 0 Å². The predicted octanol–water partition coefficient (Wildman–Crippen LogP) is 1.87. The number of aldehydes is 1. The first-order chi connectivity index (χ1) is 5.88. The molecule has 0 spiro atoms. The largest absolute Gasteiger partial charge is 0.496 e. The molecular formula is C10H10O2. The van der Waals surface area contributed by atoms with Crippen molar-refractivity contribution in [3.05, 3.63) is 42.0 Å². The van der Waals surface area contributed by atoms with E-state index in [1.807, 2.05) is 30.3 Å². The van der Waals surface area contributed by atoms with Crippen LogP contribution >= 0.6 is 0 Å². The van der Waals surface area contributed by atoms with Gasteiger partial charge in [0, 0.05) is 11.6 Å². The fourth-order valence-corrected chi connectivity index (χ4v) is 0.946. The second-order valence-electron chi connectivity index (χ2n) is 2.24. The van der Waals surface area contributed by atoms with Crippen molar-refractivity contribution < 1.29 is 9.53 Å². The zero-order valence-electron chi connectivity index (χ0n) is 6.86. The molecule has 0 amide bonds. The summed E-state index contributed by atoms with van der Waals surface area (Å²) in [6.45, 7) is 0. The number of benzene rings is 1. The highest BCUT2D eigenvalue weighted by Crippen LogP contribution is 2.12. The van der Waals surface area contributed by atoms with Crippen LogP contribution in [-0.4, -0.2) is 13.4 Å². The second kappa shape index (κ2) is 4.34. The third-order valence-electron chi connectivity index (χ3n) is 1.50. The van der Waals surface area contributed by atoms with Crippen LogP contribution in [0.5, 0.6) is 0 Å². The average molecular weight is 162 g/mol. The van der Waals surface area contributed by atoms with Crippen LogP contribution in [0.3, 0.4) is 0 Å². The van der Waals surface area contributed by atoms with Crippen LogP contribution in [0.2, 0.25) is 0 Å². The van der Waals surface area contributed by atoms with Crippen molar-refractivity contribution in [2.45, 2.75) is 0 Å². The van der Waals surface area contributed by atoms with Crippen LogP contribution in [0.25, 0.3) is 5.76 Å². The molecule has 0 N–H and O–H groups in total. The van der Waals surface area contributed by atoms with E-state index in [-0.39, 0.29) is 0 Å². The highest BCUT2D eigenvalue weighted by molar-refractivity contribution is 5.78. The molecule has 0 heterocycles. The first-order valence-electron chi connectivity index (χ1n) is 3.63. The van der Waals surface area contributed by atoms with Gasteiger partial charge < -0.3 is 4.74 Å². The molecule has 0 aliphatic carbocycles. The van der Waals surface area contributed by atoms with E-state index in [1.54, 1.807) is 7.11 Å². The van der Waals surface area contributed by atoms with Crippen molar-refractivity contribution in [1.82, 2.24) is 0 Å². The molecule has 0 unspecified atom stereocenters. The van der Waals surface area contributed by atoms with E-state index in [4.69, 9.17) is 4.74 Å². The van der Waals surface area contributed by atoms with E-state index in [0.29, 0.717) is 12.0 Å². The highest BCUT2D eigenvalue weighted by Gasteiger charge is 1.97. The van der Waals surface area contributed by atoms with Crippen LogP contribution < -0.4 is 0 Å². The van der Waals surface area contributed by atoms with Crippen molar-refractivity contribution in [3.8, 4) is 0 Å². The Balaban J connectivity index is 2.95. The monoisotopic (exact) mass is 162 g/mol. The van der Waals surface area contributed by atoms with Crippen LogP contribution in [0, 0.1) is 0 Å². The number of ether oxygens (including phenoxy) is 1. The third kappa shape index (κ3) is 1.95. The Morgan fingerprint density at radius 2 is 2.00 bits per heavy atom. The molecule has 0 aromatic heterocycles. The first-order valence-corrected chi connectivity index (χ1v) is 3.63. The Morgan fingerprint density at radius 3 is 2.50 bits per heavy atom. The van der Waals surface area contributed by atoms with Crippen LogP contribution in [0.1, 0.15) is 5.56 Å². The molecule has 0 bridgehead atoms. The molecule has 0 aliphatic heterocycles. The van der Waals surface area contributed by atoms with Crippen LogP contribution in [0.4, 0.5) is 0 Å². The molecule has 0 atom stereocenters. The molecule has 0 saturated carbocycles. The van der Waals surface area contributed by atoms with Gasteiger partial charge in [-0.05, 0) is 0 Å². The van der Waals surface area contributed by atoms with Gasteiger partial charge in [-0.15, -0.1) is 0 Å². The minimum absolute atomic E-state index is 0.589. The summed E-state index contributed by atoms with van der Waals surface area (Å²) in [6, 6.07) is 9.48. The summed E-state index contributed by atoms with van der Waals surface area (Å²) >= 11 is 0. The SMILES string of the molecule is CO/C(=C/C=O)c1ccccc1. The Hall–Kier alpha value is -1.57. The van der Waals surface area contributed by atoms with Crippen molar-refractivity contribution in [1.29, 1.82) is 0 Å². The molecule has 0 fully saturated rings. The zero-order chi connectivity index (χ0) is 8.81. The molecule has 2 heteroatoms. The fraction of sp³-hybridized carbons (Fsp3) is 0.100. The third-order valence-corrected chi connectivity index (χ3v) is 1.50. The number of carbonyl (C=O) groups excluding carboxylic acids is 1. The summed E-state index contributed by atoms with van der Waals surface area (Å²) in [5.41, 5.74) is 0.909. The predicted molar refractivity (Wildman–Crippen MR) is 47.5 cm³/mol. The van der Waals surface area contributed by atoms with E-state index < -0.39 is 0 Å². The van der Waals surface area contributed by atoms with Crippen molar-refractivity contribution >= 4 is 12.0 Å². The summed E-state index contributed by atoms with van der Waals surface area (Å²) < 4.78 is 5.01. The van der Waals surface area contributed by atoms with E-state index >= 15 is 0 Å². The first kappa shape index (κ1) is 8.53. The summed E-state index contributed by atoms with van der Waals surface area (Å²) in [5, 5.41) is 0. The number of hydrogen-bond donors (Lipinski definition) is 0. The summed E-state index contributed by atoms with van der Waals surface area (Å²) in [7, 11) is 1.54. The van der Waals surface area contributed by atoms with E-state index in [9.17, 15) is 4.79 Å². The van der Waals surface area contributed by atoms with Crippen molar-refractivity contribution in [2.75, 3.05) is 7.11 Å². The maximum absolute atomic E-state index is 10.2. The minimum atomic E-state index is 0.589. The topological polar surface area (TPSA) is 26.3 Å². The Morgan fingerprint density at radius 1 is 1.33 bits per heavy atom. The second-order valence-corrected chi connectivity index (χ2v) is 2.24. The molecule has 0 radical (unpaired) electrons. The average Bonchev–Trinajstić information content (AvgIpc) is 2.15. The van der Waals surface area contributed by atoms with Gasteiger partial charge in [-0.1, -0.05) is 30.3 Å². The lowest BCUT2D eigenvalue weighted by Gasteiger charge is -2.03. The smallest absolute Gasteiger partial charge is 0.146 e. The quantitative estimate of drug-likeness (QED) is 0.385. The molecule has 1 aromatic rings. The standard InChI is InChI=1S/C10H10O2/c1-12-10(7-8-11)9-5-3-2-4-6-9/h2-8H,1H3/b10-7+. The Bertz CT molecular complexity index is 275. The number of carbonyl (C=O) groups is 1. The molecule has 62 valence electrons. The molecule has 0 saturated heterocycles. The maximum Gasteiger partial charge on any atom is 0.146 e. The van der Waals surface area contributed by atoms with Crippen LogP contribution in [-0.2, 0) is 9.53 Å². The lowest BCUT2D eigenvalue weighted by Crippen LogP contribution is -1.86. The Labute approximate surface area is 71.5 Å². The summed E-state index contributed by atoms with van der Waals surface area (Å²) in [5.74, 6) is 0.589. The van der Waals surface area contributed by atoms with E-state index in [0.717, 1.165) is 5.56 Å². The molecule has 1 rings (SSSR count). The lowest BCUT2D eigenvalue weighted by atomic mass is 10.2. The van der Waals surface area contributed by atoms with Crippen LogP contribution in [0.15, 0.2) is 36.4 Å². The minimum Gasteiger partial charge on any atom is -0.496 e. The number of allylic oxidation sites excluding steroid dienone is 1. The van der Waals surface area contributed by atoms with Gasteiger partial charge in [0.25, 0.3) is 0 Å². The molecule has 2 nitrogen and oxygen atoms in total. The van der Waals surface area contributed by atoms with Crippen molar-refractivity contribution in [2.24, 2.45) is 0 Å². The lowest BCUT2D eigenvalue weighted by molar-refractivity contribution is -0.104. The summed E-state index contributed by atoms with van der Waals surface area (Å²) in [6.07, 6.45) is 2.11. The van der Waals surface area contributed by atoms with Gasteiger partial charge in [-0.3, -0.25) is 4.79 Å². The Kier molecular flexibility index (Phi) is 3.08. The molecule has 1 aromatic carbocycles. The van der Waals surface area contributed by atoms with Gasteiger partial charge in [0.15, 0.2) is 0 Å². The normalized spacial score (nSPS) is 10.9. The molecule has 12 heavy (non-hydrogen) atoms. The van der Waals surface area contributed by atoms with Gasteiger partial charge in [-0.2, -0.15) is 0 Å². The molecular weight excluding hydrogens is 152 g/mol. The van der Waals surface area contributed by atoms with Gasteiger partial charge in [0.2, 0.25) is 0 Å². The highest BCUT2D eigenvalue weighted by atomic mass is 16.5. The van der Waals surface area contributed by atoms with E-state index in [2.05, 4.69) is 0 Å². The van der Waals surface area contributed by atoms with Crippen molar-refractivity contribution in [3.63, 3.8) is 0 Å².